The fourth-order valence-corrected chi connectivity index (χ4v) is 2.23. The van der Waals surface area contributed by atoms with Crippen LogP contribution in [0.25, 0.3) is 0 Å². The second kappa shape index (κ2) is 7.22. The van der Waals surface area contributed by atoms with Crippen molar-refractivity contribution >= 4 is 21.8 Å². The van der Waals surface area contributed by atoms with Gasteiger partial charge in [0.1, 0.15) is 5.75 Å². The van der Waals surface area contributed by atoms with Crippen LogP contribution in [0.4, 0.5) is 0 Å². The first-order chi connectivity index (χ1) is 10.1. The number of hydrogen-bond donors (Lipinski definition) is 1. The average Bonchev–Trinajstić information content (AvgIpc) is 2.50. The Labute approximate surface area is 132 Å². The van der Waals surface area contributed by atoms with E-state index in [4.69, 9.17) is 4.74 Å². The zero-order chi connectivity index (χ0) is 15.2. The summed E-state index contributed by atoms with van der Waals surface area (Å²) in [5.74, 6) is 0.492. The lowest BCUT2D eigenvalue weighted by molar-refractivity contribution is -0.127. The molecule has 0 bridgehead atoms. The Morgan fingerprint density at radius 3 is 2.52 bits per heavy atom. The molecule has 0 radical (unpaired) electrons. The van der Waals surface area contributed by atoms with Gasteiger partial charge < -0.3 is 10.1 Å². The molecular weight excluding hydrogens is 332 g/mol. The van der Waals surface area contributed by atoms with Crippen molar-refractivity contribution in [1.82, 2.24) is 10.3 Å². The lowest BCUT2D eigenvalue weighted by atomic mass is 10.1. The van der Waals surface area contributed by atoms with E-state index in [1.807, 2.05) is 43.3 Å². The molecule has 0 saturated carbocycles. The molecule has 110 valence electrons. The smallest absolute Gasteiger partial charge is 0.261 e. The fraction of sp³-hybridized carbons (Fsp3) is 0.250. The van der Waals surface area contributed by atoms with Gasteiger partial charge in [-0.2, -0.15) is 0 Å². The molecule has 21 heavy (non-hydrogen) atoms. The minimum atomic E-state index is -0.576. The number of rotatable bonds is 5. The van der Waals surface area contributed by atoms with Crippen molar-refractivity contribution < 1.29 is 9.53 Å². The minimum absolute atomic E-state index is 0.0919. The van der Waals surface area contributed by atoms with Crippen LogP contribution in [0.5, 0.6) is 5.75 Å². The SMILES string of the molecule is C[C@H](NC(=O)[C@@H](C)Oc1ccccc1Br)c1ccncc1. The van der Waals surface area contributed by atoms with Crippen LogP contribution in [0.3, 0.4) is 0 Å². The molecule has 2 rings (SSSR count). The monoisotopic (exact) mass is 348 g/mol. The van der Waals surface area contributed by atoms with E-state index >= 15 is 0 Å². The highest BCUT2D eigenvalue weighted by Gasteiger charge is 2.18. The van der Waals surface area contributed by atoms with Crippen molar-refractivity contribution in [2.75, 3.05) is 0 Å². The summed E-state index contributed by atoms with van der Waals surface area (Å²) in [6.45, 7) is 3.66. The van der Waals surface area contributed by atoms with Gasteiger partial charge in [0.05, 0.1) is 10.5 Å². The van der Waals surface area contributed by atoms with Crippen LogP contribution in [0, 0.1) is 0 Å². The van der Waals surface area contributed by atoms with Crippen LogP contribution >= 0.6 is 15.9 Å². The number of nitrogens with one attached hydrogen (secondary N) is 1. The second-order valence-corrected chi connectivity index (χ2v) is 5.56. The molecule has 4 nitrogen and oxygen atoms in total. The number of aromatic nitrogens is 1. The van der Waals surface area contributed by atoms with E-state index in [0.717, 1.165) is 10.0 Å². The molecule has 2 aromatic rings. The topological polar surface area (TPSA) is 51.2 Å². The number of halogens is 1. The number of ether oxygens (including phenoxy) is 1. The molecule has 1 heterocycles. The van der Waals surface area contributed by atoms with Crippen molar-refractivity contribution in [1.29, 1.82) is 0 Å². The molecule has 0 fully saturated rings. The molecular formula is C16H17BrN2O2. The number of nitrogens with zero attached hydrogens (tertiary/aromatic N) is 1. The number of carbonyl (C=O) groups excluding carboxylic acids is 1. The Morgan fingerprint density at radius 1 is 1.19 bits per heavy atom. The van der Waals surface area contributed by atoms with Crippen LogP contribution in [0.15, 0.2) is 53.3 Å². The zero-order valence-electron chi connectivity index (χ0n) is 11.9. The number of amides is 1. The van der Waals surface area contributed by atoms with Gasteiger partial charge in [-0.25, -0.2) is 0 Å². The van der Waals surface area contributed by atoms with E-state index in [1.54, 1.807) is 19.3 Å². The third-order valence-corrected chi connectivity index (χ3v) is 3.73. The molecule has 1 amide bonds. The van der Waals surface area contributed by atoms with Crippen LogP contribution < -0.4 is 10.1 Å². The van der Waals surface area contributed by atoms with Crippen molar-refractivity contribution in [3.05, 3.63) is 58.8 Å². The second-order valence-electron chi connectivity index (χ2n) is 4.70. The third-order valence-electron chi connectivity index (χ3n) is 3.07. The van der Waals surface area contributed by atoms with E-state index in [2.05, 4.69) is 26.2 Å². The molecule has 0 saturated heterocycles. The van der Waals surface area contributed by atoms with E-state index < -0.39 is 6.10 Å². The fourth-order valence-electron chi connectivity index (χ4n) is 1.85. The van der Waals surface area contributed by atoms with Gasteiger partial charge in [-0.15, -0.1) is 0 Å². The summed E-state index contributed by atoms with van der Waals surface area (Å²) < 4.78 is 6.50. The van der Waals surface area contributed by atoms with Crippen LogP contribution in [0.1, 0.15) is 25.5 Å². The van der Waals surface area contributed by atoms with E-state index in [1.165, 1.54) is 0 Å². The van der Waals surface area contributed by atoms with Crippen LogP contribution in [-0.4, -0.2) is 17.0 Å². The van der Waals surface area contributed by atoms with Gasteiger partial charge in [0.25, 0.3) is 5.91 Å². The Hall–Kier alpha value is -1.88. The molecule has 0 unspecified atom stereocenters. The van der Waals surface area contributed by atoms with Gasteiger partial charge in [0.15, 0.2) is 6.10 Å². The molecule has 0 spiro atoms. The van der Waals surface area contributed by atoms with Crippen molar-refractivity contribution in [2.45, 2.75) is 26.0 Å². The Bertz CT molecular complexity index is 604. The summed E-state index contributed by atoms with van der Waals surface area (Å²) in [7, 11) is 0. The Kier molecular flexibility index (Phi) is 5.33. The van der Waals surface area contributed by atoms with Crippen molar-refractivity contribution in [3.63, 3.8) is 0 Å². The lowest BCUT2D eigenvalue weighted by Crippen LogP contribution is -2.37. The predicted octanol–water partition coefficient (Wildman–Crippen LogP) is 3.49. The molecule has 1 N–H and O–H groups in total. The number of carbonyl (C=O) groups is 1. The molecule has 2 atom stereocenters. The average molecular weight is 349 g/mol. The normalized spacial score (nSPS) is 13.3. The van der Waals surface area contributed by atoms with Gasteiger partial charge in [-0.3, -0.25) is 9.78 Å². The molecule has 0 aliphatic carbocycles. The number of benzene rings is 1. The summed E-state index contributed by atoms with van der Waals surface area (Å²) in [5.41, 5.74) is 1.01. The zero-order valence-corrected chi connectivity index (χ0v) is 13.5. The summed E-state index contributed by atoms with van der Waals surface area (Å²) in [6.07, 6.45) is 2.84. The molecule has 5 heteroatoms. The van der Waals surface area contributed by atoms with Crippen molar-refractivity contribution in [3.8, 4) is 5.75 Å². The van der Waals surface area contributed by atoms with E-state index in [0.29, 0.717) is 5.75 Å². The first-order valence-corrected chi connectivity index (χ1v) is 7.48. The summed E-state index contributed by atoms with van der Waals surface area (Å²) in [4.78, 5) is 16.1. The van der Waals surface area contributed by atoms with Gasteiger partial charge in [-0.05, 0) is 59.6 Å². The van der Waals surface area contributed by atoms with Crippen molar-refractivity contribution in [2.24, 2.45) is 0 Å². The minimum Gasteiger partial charge on any atom is -0.480 e. The third kappa shape index (κ3) is 4.29. The standard InChI is InChI=1S/C16H17BrN2O2/c1-11(13-7-9-18-10-8-13)19-16(20)12(2)21-15-6-4-3-5-14(15)17/h3-12H,1-2H3,(H,19,20)/t11-,12+/m0/s1. The number of hydrogen-bond acceptors (Lipinski definition) is 3. The highest BCUT2D eigenvalue weighted by Crippen LogP contribution is 2.25. The van der Waals surface area contributed by atoms with Gasteiger partial charge in [-0.1, -0.05) is 12.1 Å². The highest BCUT2D eigenvalue weighted by atomic mass is 79.9. The lowest BCUT2D eigenvalue weighted by Gasteiger charge is -2.19. The van der Waals surface area contributed by atoms with Gasteiger partial charge in [0, 0.05) is 12.4 Å². The van der Waals surface area contributed by atoms with Crippen LogP contribution in [-0.2, 0) is 4.79 Å². The number of pyridine rings is 1. The maximum absolute atomic E-state index is 12.2. The summed E-state index contributed by atoms with van der Waals surface area (Å²) >= 11 is 3.40. The van der Waals surface area contributed by atoms with E-state index in [9.17, 15) is 4.79 Å². The molecule has 1 aromatic heterocycles. The van der Waals surface area contributed by atoms with Crippen LogP contribution in [0.2, 0.25) is 0 Å². The highest BCUT2D eigenvalue weighted by molar-refractivity contribution is 9.10. The molecule has 0 aliphatic rings. The quantitative estimate of drug-likeness (QED) is 0.899. The van der Waals surface area contributed by atoms with Gasteiger partial charge in [0.2, 0.25) is 0 Å². The maximum Gasteiger partial charge on any atom is 0.261 e. The first-order valence-electron chi connectivity index (χ1n) is 6.69. The molecule has 1 aromatic carbocycles. The van der Waals surface area contributed by atoms with Gasteiger partial charge >= 0.3 is 0 Å². The first kappa shape index (κ1) is 15.5. The Morgan fingerprint density at radius 2 is 1.86 bits per heavy atom. The number of para-hydroxylation sites is 1. The summed E-state index contributed by atoms with van der Waals surface area (Å²) in [6, 6.07) is 11.1. The Balaban J connectivity index is 1.95. The maximum atomic E-state index is 12.2. The largest absolute Gasteiger partial charge is 0.480 e. The molecule has 0 aliphatic heterocycles. The predicted molar refractivity (Wildman–Crippen MR) is 85.0 cm³/mol. The van der Waals surface area contributed by atoms with E-state index in [-0.39, 0.29) is 11.9 Å². The summed E-state index contributed by atoms with van der Waals surface area (Å²) in [5, 5.41) is 2.93.